The Balaban J connectivity index is 2.58. The van der Waals surface area contributed by atoms with Crippen molar-refractivity contribution < 1.29 is 4.74 Å². The summed E-state index contributed by atoms with van der Waals surface area (Å²) in [7, 11) is 1.73. The molecular formula is C11H17NO. The first kappa shape index (κ1) is 10.2. The van der Waals surface area contributed by atoms with E-state index in [0.717, 1.165) is 18.5 Å². The summed E-state index contributed by atoms with van der Waals surface area (Å²) >= 11 is 0. The van der Waals surface area contributed by atoms with Gasteiger partial charge < -0.3 is 4.74 Å². The van der Waals surface area contributed by atoms with E-state index >= 15 is 0 Å². The maximum atomic E-state index is 5.17. The summed E-state index contributed by atoms with van der Waals surface area (Å²) in [5.74, 6) is 0. The highest BCUT2D eigenvalue weighted by Crippen LogP contribution is 2.04. The molecule has 1 atom stereocenters. The Morgan fingerprint density at radius 2 is 2.23 bits per heavy atom. The lowest BCUT2D eigenvalue weighted by molar-refractivity contribution is 0.118. The molecule has 0 spiro atoms. The third-order valence-corrected chi connectivity index (χ3v) is 2.19. The van der Waals surface area contributed by atoms with Gasteiger partial charge in [0.25, 0.3) is 0 Å². The van der Waals surface area contributed by atoms with Crippen LogP contribution >= 0.6 is 0 Å². The molecule has 0 aliphatic rings. The van der Waals surface area contributed by atoms with Gasteiger partial charge in [-0.1, -0.05) is 13.0 Å². The monoisotopic (exact) mass is 179 g/mol. The van der Waals surface area contributed by atoms with Crippen LogP contribution < -0.4 is 0 Å². The summed E-state index contributed by atoms with van der Waals surface area (Å²) in [5, 5.41) is 0. The van der Waals surface area contributed by atoms with Gasteiger partial charge in [-0.25, -0.2) is 0 Å². The first-order valence-electron chi connectivity index (χ1n) is 4.72. The molecular weight excluding hydrogens is 162 g/mol. The van der Waals surface area contributed by atoms with Crippen LogP contribution in [0.3, 0.4) is 0 Å². The molecule has 1 rings (SSSR count). The zero-order valence-electron chi connectivity index (χ0n) is 8.58. The van der Waals surface area contributed by atoms with Crippen molar-refractivity contribution in [1.82, 2.24) is 4.98 Å². The number of rotatable bonds is 4. The van der Waals surface area contributed by atoms with Crippen LogP contribution in [0.4, 0.5) is 0 Å². The van der Waals surface area contributed by atoms with Gasteiger partial charge in [0.2, 0.25) is 0 Å². The lowest BCUT2D eigenvalue weighted by Crippen LogP contribution is -2.09. The van der Waals surface area contributed by atoms with Crippen LogP contribution in [0.2, 0.25) is 0 Å². The van der Waals surface area contributed by atoms with Crippen molar-refractivity contribution in [2.45, 2.75) is 32.8 Å². The van der Waals surface area contributed by atoms with Crippen molar-refractivity contribution in [3.05, 3.63) is 29.6 Å². The van der Waals surface area contributed by atoms with Crippen molar-refractivity contribution >= 4 is 0 Å². The molecule has 13 heavy (non-hydrogen) atoms. The van der Waals surface area contributed by atoms with Crippen LogP contribution in [0.5, 0.6) is 0 Å². The Hall–Kier alpha value is -0.890. The van der Waals surface area contributed by atoms with Crippen molar-refractivity contribution in [1.29, 1.82) is 0 Å². The fourth-order valence-electron chi connectivity index (χ4n) is 1.16. The van der Waals surface area contributed by atoms with Crippen LogP contribution in [0.15, 0.2) is 18.3 Å². The average molecular weight is 179 g/mol. The Morgan fingerprint density at radius 1 is 1.46 bits per heavy atom. The maximum Gasteiger partial charge on any atom is 0.0598 e. The van der Waals surface area contributed by atoms with Gasteiger partial charge in [0.15, 0.2) is 0 Å². The SMILES string of the molecule is CCc1ccc(CC(C)OC)nc1. The molecule has 72 valence electrons. The molecule has 0 amide bonds. The molecule has 2 nitrogen and oxygen atoms in total. The van der Waals surface area contributed by atoms with E-state index in [0.29, 0.717) is 0 Å². The van der Waals surface area contributed by atoms with E-state index in [1.165, 1.54) is 5.56 Å². The fraction of sp³-hybridized carbons (Fsp3) is 0.545. The summed E-state index contributed by atoms with van der Waals surface area (Å²) in [6.45, 7) is 4.18. The van der Waals surface area contributed by atoms with Crippen LogP contribution in [-0.2, 0) is 17.6 Å². The molecule has 1 heterocycles. The fourth-order valence-corrected chi connectivity index (χ4v) is 1.16. The molecule has 1 unspecified atom stereocenters. The van der Waals surface area contributed by atoms with E-state index < -0.39 is 0 Å². The highest BCUT2D eigenvalue weighted by molar-refractivity contribution is 5.14. The standard InChI is InChI=1S/C11H17NO/c1-4-10-5-6-11(12-8-10)7-9(2)13-3/h5-6,8-9H,4,7H2,1-3H3. The summed E-state index contributed by atoms with van der Waals surface area (Å²) in [6, 6.07) is 4.21. The Bertz CT molecular complexity index is 243. The van der Waals surface area contributed by atoms with Gasteiger partial charge in [-0.05, 0) is 25.0 Å². The summed E-state index contributed by atoms with van der Waals surface area (Å²) < 4.78 is 5.17. The molecule has 0 aliphatic carbocycles. The Kier molecular flexibility index (Phi) is 3.90. The smallest absolute Gasteiger partial charge is 0.0598 e. The molecule has 0 N–H and O–H groups in total. The number of nitrogens with zero attached hydrogens (tertiary/aromatic N) is 1. The molecule has 0 fully saturated rings. The maximum absolute atomic E-state index is 5.17. The van der Waals surface area contributed by atoms with Gasteiger partial charge >= 0.3 is 0 Å². The minimum Gasteiger partial charge on any atom is -0.381 e. The lowest BCUT2D eigenvalue weighted by Gasteiger charge is -2.08. The third kappa shape index (κ3) is 3.15. The van der Waals surface area contributed by atoms with E-state index in [4.69, 9.17) is 4.74 Å². The van der Waals surface area contributed by atoms with Gasteiger partial charge in [-0.2, -0.15) is 0 Å². The van der Waals surface area contributed by atoms with Crippen molar-refractivity contribution in [2.75, 3.05) is 7.11 Å². The third-order valence-electron chi connectivity index (χ3n) is 2.19. The quantitative estimate of drug-likeness (QED) is 0.707. The largest absolute Gasteiger partial charge is 0.381 e. The van der Waals surface area contributed by atoms with E-state index in [1.54, 1.807) is 7.11 Å². The van der Waals surface area contributed by atoms with Gasteiger partial charge in [0.05, 0.1) is 6.10 Å². The van der Waals surface area contributed by atoms with Crippen LogP contribution in [0.25, 0.3) is 0 Å². The molecule has 0 saturated carbocycles. The number of aryl methyl sites for hydroxylation is 1. The van der Waals surface area contributed by atoms with E-state index in [1.807, 2.05) is 6.20 Å². The van der Waals surface area contributed by atoms with Gasteiger partial charge in [-0.3, -0.25) is 4.98 Å². The molecule has 0 saturated heterocycles. The van der Waals surface area contributed by atoms with Crippen molar-refractivity contribution in [3.8, 4) is 0 Å². The van der Waals surface area contributed by atoms with Crippen LogP contribution in [0.1, 0.15) is 25.1 Å². The Labute approximate surface area is 80.0 Å². The number of methoxy groups -OCH3 is 1. The Morgan fingerprint density at radius 3 is 2.69 bits per heavy atom. The zero-order valence-corrected chi connectivity index (χ0v) is 8.58. The normalized spacial score (nSPS) is 12.8. The average Bonchev–Trinajstić information content (AvgIpc) is 2.19. The molecule has 0 bridgehead atoms. The predicted molar refractivity (Wildman–Crippen MR) is 53.8 cm³/mol. The molecule has 0 radical (unpaired) electrons. The number of aromatic nitrogens is 1. The van der Waals surface area contributed by atoms with Gasteiger partial charge in [-0.15, -0.1) is 0 Å². The highest BCUT2D eigenvalue weighted by atomic mass is 16.5. The predicted octanol–water partition coefficient (Wildman–Crippen LogP) is 2.22. The van der Waals surface area contributed by atoms with E-state index in [2.05, 4.69) is 31.0 Å². The molecule has 1 aromatic heterocycles. The van der Waals surface area contributed by atoms with E-state index in [-0.39, 0.29) is 6.10 Å². The topological polar surface area (TPSA) is 22.1 Å². The van der Waals surface area contributed by atoms with Crippen LogP contribution in [0, 0.1) is 0 Å². The molecule has 0 aromatic carbocycles. The first-order valence-corrected chi connectivity index (χ1v) is 4.72. The van der Waals surface area contributed by atoms with E-state index in [9.17, 15) is 0 Å². The first-order chi connectivity index (χ1) is 6.26. The molecule has 0 aliphatic heterocycles. The number of hydrogen-bond donors (Lipinski definition) is 0. The summed E-state index contributed by atoms with van der Waals surface area (Å²) in [6.07, 6.45) is 4.13. The highest BCUT2D eigenvalue weighted by Gasteiger charge is 2.02. The van der Waals surface area contributed by atoms with Crippen LogP contribution in [-0.4, -0.2) is 18.2 Å². The minimum absolute atomic E-state index is 0.250. The molecule has 1 aromatic rings. The summed E-state index contributed by atoms with van der Waals surface area (Å²) in [4.78, 5) is 4.36. The summed E-state index contributed by atoms with van der Waals surface area (Å²) in [5.41, 5.74) is 2.39. The number of pyridine rings is 1. The lowest BCUT2D eigenvalue weighted by atomic mass is 10.1. The van der Waals surface area contributed by atoms with Gasteiger partial charge in [0, 0.05) is 25.4 Å². The van der Waals surface area contributed by atoms with Crippen molar-refractivity contribution in [3.63, 3.8) is 0 Å². The second kappa shape index (κ2) is 4.97. The van der Waals surface area contributed by atoms with Crippen molar-refractivity contribution in [2.24, 2.45) is 0 Å². The van der Waals surface area contributed by atoms with Gasteiger partial charge in [0.1, 0.15) is 0 Å². The second-order valence-corrected chi connectivity index (χ2v) is 3.26. The minimum atomic E-state index is 0.250. The number of ether oxygens (including phenoxy) is 1. The number of hydrogen-bond acceptors (Lipinski definition) is 2. The molecule has 2 heteroatoms. The zero-order chi connectivity index (χ0) is 9.68. The second-order valence-electron chi connectivity index (χ2n) is 3.26.